The average Bonchev–Trinajstić information content (AvgIpc) is 2.64. The van der Waals surface area contributed by atoms with Crippen LogP contribution in [0.3, 0.4) is 0 Å². The van der Waals surface area contributed by atoms with Crippen molar-refractivity contribution in [2.75, 3.05) is 5.32 Å². The number of thiocarbonyl (C=S) groups is 1. The number of aromatic nitrogens is 1. The number of nitrogens with two attached hydrogens (primary N) is 1. The fourth-order valence-electron chi connectivity index (χ4n) is 2.23. The van der Waals surface area contributed by atoms with E-state index in [9.17, 15) is 0 Å². The highest BCUT2D eigenvalue weighted by Gasteiger charge is 2.20. The van der Waals surface area contributed by atoms with Crippen LogP contribution in [0.2, 0.25) is 0 Å². The van der Waals surface area contributed by atoms with E-state index >= 15 is 0 Å². The third-order valence-electron chi connectivity index (χ3n) is 3.08. The van der Waals surface area contributed by atoms with Gasteiger partial charge in [-0.3, -0.25) is 4.98 Å². The molecule has 2 unspecified atom stereocenters. The highest BCUT2D eigenvalue weighted by Crippen LogP contribution is 2.27. The van der Waals surface area contributed by atoms with Crippen molar-refractivity contribution in [3.8, 4) is 0 Å². The molecule has 1 saturated carbocycles. The summed E-state index contributed by atoms with van der Waals surface area (Å²) in [4.78, 5) is 4.47. The normalized spacial score (nSPS) is 24.3. The monoisotopic (exact) mass is 235 g/mol. The Morgan fingerprint density at radius 3 is 3.00 bits per heavy atom. The van der Waals surface area contributed by atoms with E-state index in [1.54, 1.807) is 6.20 Å². The quantitative estimate of drug-likeness (QED) is 0.789. The van der Waals surface area contributed by atoms with Crippen molar-refractivity contribution in [3.63, 3.8) is 0 Å². The lowest BCUT2D eigenvalue weighted by molar-refractivity contribution is 0.602. The van der Waals surface area contributed by atoms with Crippen molar-refractivity contribution in [1.29, 1.82) is 0 Å². The van der Waals surface area contributed by atoms with Crippen LogP contribution < -0.4 is 11.1 Å². The van der Waals surface area contributed by atoms with E-state index in [4.69, 9.17) is 18.0 Å². The van der Waals surface area contributed by atoms with Crippen LogP contribution in [0.15, 0.2) is 18.3 Å². The number of pyridine rings is 1. The van der Waals surface area contributed by atoms with E-state index in [1.165, 1.54) is 19.3 Å². The molecule has 1 aliphatic carbocycles. The molecular formula is C12H17N3S. The second kappa shape index (κ2) is 4.78. The van der Waals surface area contributed by atoms with Gasteiger partial charge in [0.25, 0.3) is 0 Å². The maximum atomic E-state index is 5.55. The third-order valence-corrected chi connectivity index (χ3v) is 3.29. The Hall–Kier alpha value is -1.16. The lowest BCUT2D eigenvalue weighted by atomic mass is 10.1. The van der Waals surface area contributed by atoms with Crippen LogP contribution >= 0.6 is 12.2 Å². The molecule has 3 N–H and O–H groups in total. The van der Waals surface area contributed by atoms with Crippen LogP contribution in [0.5, 0.6) is 0 Å². The standard InChI is InChI=1S/C12H17N3S/c1-8-2-3-9(6-8)15-10-4-5-14-11(7-10)12(13)16/h4-5,7-9H,2-3,6H2,1H3,(H2,13,16)(H,14,15). The number of anilines is 1. The Labute approximate surface area is 101 Å². The highest BCUT2D eigenvalue weighted by molar-refractivity contribution is 7.80. The van der Waals surface area contributed by atoms with Gasteiger partial charge < -0.3 is 11.1 Å². The van der Waals surface area contributed by atoms with E-state index in [0.29, 0.717) is 16.7 Å². The first-order valence-corrected chi connectivity index (χ1v) is 6.08. The second-order valence-electron chi connectivity index (χ2n) is 4.55. The topological polar surface area (TPSA) is 50.9 Å². The number of rotatable bonds is 3. The predicted molar refractivity (Wildman–Crippen MR) is 70.6 cm³/mol. The number of hydrogen-bond donors (Lipinski definition) is 2. The largest absolute Gasteiger partial charge is 0.388 e. The summed E-state index contributed by atoms with van der Waals surface area (Å²) in [5, 5.41) is 3.51. The van der Waals surface area contributed by atoms with Gasteiger partial charge in [0.2, 0.25) is 0 Å². The minimum absolute atomic E-state index is 0.350. The van der Waals surface area contributed by atoms with Gasteiger partial charge in [-0.2, -0.15) is 0 Å². The first-order chi connectivity index (χ1) is 7.65. The molecule has 2 rings (SSSR count). The van der Waals surface area contributed by atoms with Crippen molar-refractivity contribution < 1.29 is 0 Å². The van der Waals surface area contributed by atoms with Gasteiger partial charge in [0.05, 0.1) is 5.69 Å². The smallest absolute Gasteiger partial charge is 0.122 e. The first kappa shape index (κ1) is 11.3. The number of hydrogen-bond acceptors (Lipinski definition) is 3. The molecule has 0 aliphatic heterocycles. The minimum Gasteiger partial charge on any atom is -0.388 e. The van der Waals surface area contributed by atoms with Crippen LogP contribution in [0.25, 0.3) is 0 Å². The molecule has 0 spiro atoms. The molecule has 86 valence electrons. The Morgan fingerprint density at radius 1 is 1.56 bits per heavy atom. The maximum Gasteiger partial charge on any atom is 0.122 e. The van der Waals surface area contributed by atoms with E-state index in [1.807, 2.05) is 12.1 Å². The second-order valence-corrected chi connectivity index (χ2v) is 4.99. The third kappa shape index (κ3) is 2.70. The van der Waals surface area contributed by atoms with E-state index < -0.39 is 0 Å². The van der Waals surface area contributed by atoms with Crippen LogP contribution in [0.1, 0.15) is 31.9 Å². The molecule has 1 aromatic heterocycles. The lowest BCUT2D eigenvalue weighted by Crippen LogP contribution is -2.17. The van der Waals surface area contributed by atoms with Gasteiger partial charge >= 0.3 is 0 Å². The van der Waals surface area contributed by atoms with Crippen LogP contribution in [0, 0.1) is 5.92 Å². The van der Waals surface area contributed by atoms with Crippen molar-refractivity contribution in [1.82, 2.24) is 4.98 Å². The molecule has 4 heteroatoms. The van der Waals surface area contributed by atoms with E-state index in [2.05, 4.69) is 17.2 Å². The van der Waals surface area contributed by atoms with Crippen LogP contribution in [0.4, 0.5) is 5.69 Å². The van der Waals surface area contributed by atoms with Crippen molar-refractivity contribution in [3.05, 3.63) is 24.0 Å². The SMILES string of the molecule is CC1CCC(Nc2ccnc(C(N)=S)c2)C1. The molecule has 1 aliphatic rings. The van der Waals surface area contributed by atoms with Crippen LogP contribution in [-0.4, -0.2) is 16.0 Å². The summed E-state index contributed by atoms with van der Waals surface area (Å²) in [7, 11) is 0. The Balaban J connectivity index is 2.04. The molecule has 3 nitrogen and oxygen atoms in total. The summed E-state index contributed by atoms with van der Waals surface area (Å²) < 4.78 is 0. The predicted octanol–water partition coefficient (Wildman–Crippen LogP) is 2.32. The molecule has 0 amide bonds. The van der Waals surface area contributed by atoms with Gasteiger partial charge in [0, 0.05) is 17.9 Å². The summed E-state index contributed by atoms with van der Waals surface area (Å²) in [6.45, 7) is 2.30. The summed E-state index contributed by atoms with van der Waals surface area (Å²) in [5.41, 5.74) is 7.31. The average molecular weight is 235 g/mol. The zero-order valence-corrected chi connectivity index (χ0v) is 10.3. The van der Waals surface area contributed by atoms with Crippen molar-refractivity contribution in [2.45, 2.75) is 32.2 Å². The molecule has 2 atom stereocenters. The molecule has 16 heavy (non-hydrogen) atoms. The summed E-state index contributed by atoms with van der Waals surface area (Å²) in [5.74, 6) is 0.828. The van der Waals surface area contributed by atoms with Crippen molar-refractivity contribution >= 4 is 22.9 Å². The van der Waals surface area contributed by atoms with E-state index in [-0.39, 0.29) is 0 Å². The van der Waals surface area contributed by atoms with E-state index in [0.717, 1.165) is 11.6 Å². The highest BCUT2D eigenvalue weighted by atomic mass is 32.1. The van der Waals surface area contributed by atoms with Gasteiger partial charge in [-0.25, -0.2) is 0 Å². The zero-order chi connectivity index (χ0) is 11.5. The van der Waals surface area contributed by atoms with Crippen molar-refractivity contribution in [2.24, 2.45) is 11.7 Å². The Morgan fingerprint density at radius 2 is 2.38 bits per heavy atom. The van der Waals surface area contributed by atoms with Gasteiger partial charge in [0.15, 0.2) is 0 Å². The van der Waals surface area contributed by atoms with Gasteiger partial charge in [0.1, 0.15) is 4.99 Å². The Kier molecular flexibility index (Phi) is 3.39. The van der Waals surface area contributed by atoms with Gasteiger partial charge in [-0.1, -0.05) is 19.1 Å². The summed E-state index contributed by atoms with van der Waals surface area (Å²) >= 11 is 4.91. The molecule has 1 heterocycles. The summed E-state index contributed by atoms with van der Waals surface area (Å²) in [6, 6.07) is 4.47. The maximum absolute atomic E-state index is 5.55. The lowest BCUT2D eigenvalue weighted by Gasteiger charge is -2.14. The number of nitrogens with zero attached hydrogens (tertiary/aromatic N) is 1. The molecule has 0 bridgehead atoms. The van der Waals surface area contributed by atoms with Gasteiger partial charge in [-0.15, -0.1) is 0 Å². The molecule has 0 aromatic carbocycles. The first-order valence-electron chi connectivity index (χ1n) is 5.67. The molecule has 0 saturated heterocycles. The zero-order valence-electron chi connectivity index (χ0n) is 9.44. The molecule has 1 fully saturated rings. The number of nitrogens with one attached hydrogen (secondary N) is 1. The Bertz CT molecular complexity index is 392. The molecule has 1 aromatic rings. The fraction of sp³-hybridized carbons (Fsp3) is 0.500. The molecular weight excluding hydrogens is 218 g/mol. The minimum atomic E-state index is 0.350. The van der Waals surface area contributed by atoms with Crippen LogP contribution in [-0.2, 0) is 0 Å². The summed E-state index contributed by atoms with van der Waals surface area (Å²) in [6.07, 6.45) is 5.54. The molecule has 0 radical (unpaired) electrons. The fourth-order valence-corrected chi connectivity index (χ4v) is 2.34. The van der Waals surface area contributed by atoms with Gasteiger partial charge in [-0.05, 0) is 37.3 Å².